The van der Waals surface area contributed by atoms with Crippen molar-refractivity contribution in [3.05, 3.63) is 138 Å². The zero-order chi connectivity index (χ0) is 65.6. The lowest BCUT2D eigenvalue weighted by Crippen LogP contribution is -2.61. The third kappa shape index (κ3) is 20.4. The maximum atomic E-state index is 15.2. The van der Waals surface area contributed by atoms with Crippen LogP contribution in [-0.2, 0) is 75.3 Å². The number of para-hydroxylation sites is 2. The largest absolute Gasteiger partial charge is 0.508 e. The molecule has 91 heavy (non-hydrogen) atoms. The SMILES string of the molecule is NC(N)=NCCC[C@H](N)C(=O)N[C@H](CCCN=C(N)N)C(=O)N[C@@H](CC(=O)O)C(=O)N[C@@H](Cc1ccc(O)cc1)C(=O)N[C@@H](Cc1c[nH]c2ccccc12)C(=O)N[C@H](Cc1cnc[nH]1)C(=O)N[C@@H](Cc1c[nH]c2ccccc12)C(=O)N[C@@H](Cc1cnc[nH]1)C(=O)O. The first kappa shape index (κ1) is 67.2. The Morgan fingerprint density at radius 3 is 1.34 bits per heavy atom. The predicted molar refractivity (Wildman–Crippen MR) is 332 cm³/mol. The van der Waals surface area contributed by atoms with E-state index < -0.39 is 108 Å². The number of carbonyl (C=O) groups excluding carboxylic acids is 7. The van der Waals surface area contributed by atoms with Gasteiger partial charge in [0.2, 0.25) is 41.4 Å². The summed E-state index contributed by atoms with van der Waals surface area (Å²) < 4.78 is 0. The summed E-state index contributed by atoms with van der Waals surface area (Å²) in [5.41, 5.74) is 31.5. The van der Waals surface area contributed by atoms with E-state index in [1.54, 1.807) is 54.9 Å². The number of aromatic amines is 4. The Hall–Kier alpha value is -11.3. The smallest absolute Gasteiger partial charge is 0.326 e. The van der Waals surface area contributed by atoms with E-state index >= 15 is 9.59 Å². The van der Waals surface area contributed by atoms with Crippen LogP contribution in [0.5, 0.6) is 5.75 Å². The molecule has 32 nitrogen and oxygen atoms in total. The van der Waals surface area contributed by atoms with Crippen molar-refractivity contribution in [1.82, 2.24) is 67.1 Å². The van der Waals surface area contributed by atoms with Crippen LogP contribution in [0.25, 0.3) is 21.8 Å². The maximum absolute atomic E-state index is 15.2. The van der Waals surface area contributed by atoms with Gasteiger partial charge >= 0.3 is 11.9 Å². The number of hydrogen-bond donors (Lipinski definition) is 19. The minimum absolute atomic E-state index is 0.00754. The molecule has 0 bridgehead atoms. The highest BCUT2D eigenvalue weighted by atomic mass is 16.4. The molecule has 7 rings (SSSR count). The monoisotopic (exact) mass is 1250 g/mol. The van der Waals surface area contributed by atoms with Crippen molar-refractivity contribution in [2.75, 3.05) is 13.1 Å². The molecule has 4 aromatic heterocycles. The number of phenolic OH excluding ortho intramolecular Hbond substituents is 1. The number of aliphatic imine (C=N–C) groups is 2. The number of nitrogens with two attached hydrogens (primary N) is 5. The van der Waals surface area contributed by atoms with Gasteiger partial charge in [0.25, 0.3) is 0 Å². The van der Waals surface area contributed by atoms with Gasteiger partial charge < -0.3 is 101 Å². The number of guanidine groups is 2. The van der Waals surface area contributed by atoms with Crippen molar-refractivity contribution in [3.63, 3.8) is 0 Å². The van der Waals surface area contributed by atoms with Gasteiger partial charge in [0.1, 0.15) is 48.0 Å². The first-order valence-electron chi connectivity index (χ1n) is 28.9. The Kier molecular flexibility index (Phi) is 24.1. The first-order chi connectivity index (χ1) is 43.6. The highest BCUT2D eigenvalue weighted by molar-refractivity contribution is 5.99. The van der Waals surface area contributed by atoms with Gasteiger partial charge in [0.15, 0.2) is 11.9 Å². The molecule has 24 N–H and O–H groups in total. The van der Waals surface area contributed by atoms with E-state index in [9.17, 15) is 48.9 Å². The number of fused-ring (bicyclic) bond motifs is 2. The number of carboxylic acid groups (broad SMARTS) is 2. The summed E-state index contributed by atoms with van der Waals surface area (Å²) in [6.07, 6.45) is 6.84. The summed E-state index contributed by atoms with van der Waals surface area (Å²) in [6, 6.07) is 7.52. The molecular formula is C59H74N20O12. The third-order valence-electron chi connectivity index (χ3n) is 14.6. The Morgan fingerprint density at radius 2 is 0.879 bits per heavy atom. The van der Waals surface area contributed by atoms with Gasteiger partial charge in [-0.2, -0.15) is 0 Å². The van der Waals surface area contributed by atoms with Crippen LogP contribution < -0.4 is 65.9 Å². The molecule has 0 spiro atoms. The predicted octanol–water partition coefficient (Wildman–Crippen LogP) is -2.30. The van der Waals surface area contributed by atoms with Crippen molar-refractivity contribution < 1.29 is 58.5 Å². The van der Waals surface area contributed by atoms with Gasteiger partial charge in [-0.25, -0.2) is 14.8 Å². The number of amides is 7. The molecule has 7 aromatic rings. The number of H-pyrrole nitrogens is 4. The van der Waals surface area contributed by atoms with Crippen molar-refractivity contribution in [1.29, 1.82) is 0 Å². The highest BCUT2D eigenvalue weighted by Crippen LogP contribution is 2.22. The molecule has 0 aliphatic heterocycles. The molecule has 0 aliphatic carbocycles. The Morgan fingerprint density at radius 1 is 0.473 bits per heavy atom. The zero-order valence-electron chi connectivity index (χ0n) is 49.2. The Labute approximate surface area is 519 Å². The van der Waals surface area contributed by atoms with E-state index in [4.69, 9.17) is 28.7 Å². The molecular weight excluding hydrogens is 1180 g/mol. The third-order valence-corrected chi connectivity index (χ3v) is 14.6. The summed E-state index contributed by atoms with van der Waals surface area (Å²) in [4.78, 5) is 154. The van der Waals surface area contributed by atoms with E-state index in [1.165, 1.54) is 49.3 Å². The molecule has 0 aliphatic rings. The van der Waals surface area contributed by atoms with Crippen molar-refractivity contribution in [2.45, 2.75) is 113 Å². The number of aromatic nitrogens is 6. The fourth-order valence-electron chi connectivity index (χ4n) is 9.90. The molecule has 4 heterocycles. The Balaban J connectivity index is 1.18. The van der Waals surface area contributed by atoms with Crippen molar-refractivity contribution in [2.24, 2.45) is 38.7 Å². The number of carboxylic acids is 2. The molecule has 3 aromatic carbocycles. The van der Waals surface area contributed by atoms with Crippen molar-refractivity contribution in [3.8, 4) is 5.75 Å². The lowest BCUT2D eigenvalue weighted by molar-refractivity contribution is -0.142. The lowest BCUT2D eigenvalue weighted by Gasteiger charge is -2.28. The normalized spacial score (nSPS) is 13.8. The number of carbonyl (C=O) groups is 9. The molecule has 0 unspecified atom stereocenters. The van der Waals surface area contributed by atoms with Crippen LogP contribution in [0.1, 0.15) is 60.2 Å². The minimum atomic E-state index is -1.91. The second kappa shape index (κ2) is 32.6. The zero-order valence-corrected chi connectivity index (χ0v) is 49.2. The number of benzene rings is 3. The topological polar surface area (TPSA) is 542 Å². The number of rotatable bonds is 35. The number of hydrogen-bond acceptors (Lipinski definition) is 15. The summed E-state index contributed by atoms with van der Waals surface area (Å²) in [7, 11) is 0. The molecule has 0 saturated carbocycles. The average Bonchev–Trinajstić information content (AvgIpc) is 1.94. The Bertz CT molecular complexity index is 3690. The number of nitrogens with zero attached hydrogens (tertiary/aromatic N) is 4. The fourth-order valence-corrected chi connectivity index (χ4v) is 9.90. The summed E-state index contributed by atoms with van der Waals surface area (Å²) in [5, 5.41) is 50.1. The quantitative estimate of drug-likeness (QED) is 0.0113. The van der Waals surface area contributed by atoms with E-state index in [1.807, 2.05) is 6.07 Å². The average molecular weight is 1260 g/mol. The number of phenols is 1. The number of nitrogens with one attached hydrogen (secondary N) is 11. The van der Waals surface area contributed by atoms with Gasteiger partial charge in [-0.05, 0) is 66.6 Å². The molecule has 0 saturated heterocycles. The van der Waals surface area contributed by atoms with E-state index in [2.05, 4.69) is 77.1 Å². The summed E-state index contributed by atoms with van der Waals surface area (Å²) >= 11 is 0. The first-order valence-corrected chi connectivity index (χ1v) is 28.9. The second-order valence-corrected chi connectivity index (χ2v) is 21.4. The number of aromatic hydroxyl groups is 1. The second-order valence-electron chi connectivity index (χ2n) is 21.4. The highest BCUT2D eigenvalue weighted by Gasteiger charge is 2.36. The number of imidazole rings is 2. The van der Waals surface area contributed by atoms with Gasteiger partial charge in [-0.3, -0.25) is 48.3 Å². The van der Waals surface area contributed by atoms with Crippen LogP contribution in [0.15, 0.2) is 120 Å². The fraction of sp³-hybridized carbons (Fsp3) is 0.339. The van der Waals surface area contributed by atoms with E-state index in [0.717, 1.165) is 0 Å². The van der Waals surface area contributed by atoms with Gasteiger partial charge in [-0.1, -0.05) is 48.5 Å². The van der Waals surface area contributed by atoms with Crippen LogP contribution in [0.4, 0.5) is 0 Å². The molecule has 482 valence electrons. The van der Waals surface area contributed by atoms with Crippen LogP contribution in [0.2, 0.25) is 0 Å². The molecule has 32 heteroatoms. The van der Waals surface area contributed by atoms with E-state index in [-0.39, 0.29) is 88.5 Å². The van der Waals surface area contributed by atoms with Gasteiger partial charge in [-0.15, -0.1) is 0 Å². The van der Waals surface area contributed by atoms with Crippen LogP contribution >= 0.6 is 0 Å². The van der Waals surface area contributed by atoms with Gasteiger partial charge in [0, 0.05) is 103 Å². The van der Waals surface area contributed by atoms with Crippen LogP contribution in [0, 0.1) is 0 Å². The molecule has 0 radical (unpaired) electrons. The number of aliphatic carboxylic acids is 2. The summed E-state index contributed by atoms with van der Waals surface area (Å²) in [5.74, 6) is -10.2. The maximum Gasteiger partial charge on any atom is 0.326 e. The van der Waals surface area contributed by atoms with E-state index in [0.29, 0.717) is 49.9 Å². The van der Waals surface area contributed by atoms with Gasteiger partial charge in [0.05, 0.1) is 25.1 Å². The standard InChI is InChI=1S/C59H74N20O12/c60-39(9-5-17-67-58(61)62)50(83)73-42(12-6-18-68-59(63)64)51(84)78-47(24-49(81)82)56(89)74-43(19-31-13-15-36(80)16-14-31)52(85)75-44(20-32-25-69-40-10-3-1-7-37(32)40)53(86)77-46(22-34-27-65-29-71-34)55(88)76-45(21-33-26-70-41-11-4-2-8-38(33)41)54(87)79-48(57(90)91)23-35-28-66-30-72-35/h1-4,7-8,10-11,13-16,25-30,39,42-48,69-70,80H,5-6,9,12,17-24,60H2,(H,65,71)(H,66,72)(H,73,83)(H,74,89)(H,75,85)(H,76,88)(H,77,86)(H,78,84)(H,79,87)(H,81,82)(H,90,91)(H4,61,62,67)(H4,63,64,68)/t39-,42+,43-,44-,45-,46+,47-,48-/m0/s1. The molecule has 0 fully saturated rings. The minimum Gasteiger partial charge on any atom is -0.508 e. The van der Waals surface area contributed by atoms with Crippen molar-refractivity contribution >= 4 is 87.0 Å². The molecule has 7 amide bonds. The summed E-state index contributed by atoms with van der Waals surface area (Å²) in [6.45, 7) is 0.160. The van der Waals surface area contributed by atoms with Crippen LogP contribution in [0.3, 0.4) is 0 Å². The van der Waals surface area contributed by atoms with Crippen LogP contribution in [-0.4, -0.2) is 172 Å². The lowest BCUT2D eigenvalue weighted by atomic mass is 10.0. The molecule has 8 atom stereocenters.